The minimum Gasteiger partial charge on any atom is -0.385 e. The summed E-state index contributed by atoms with van der Waals surface area (Å²) in [6, 6.07) is 8.44. The van der Waals surface area contributed by atoms with Crippen molar-refractivity contribution in [3.05, 3.63) is 35.4 Å². The fourth-order valence-corrected chi connectivity index (χ4v) is 1.72. The predicted octanol–water partition coefficient (Wildman–Crippen LogP) is 3.13. The number of benzene rings is 1. The van der Waals surface area contributed by atoms with Gasteiger partial charge in [-0.05, 0) is 38.3 Å². The number of methoxy groups -OCH3 is 1. The van der Waals surface area contributed by atoms with Gasteiger partial charge in [-0.25, -0.2) is 0 Å². The molecule has 0 unspecified atom stereocenters. The zero-order valence-corrected chi connectivity index (χ0v) is 12.7. The number of hydrogen-bond acceptors (Lipinski definition) is 3. The molecule has 19 heavy (non-hydrogen) atoms. The van der Waals surface area contributed by atoms with Gasteiger partial charge in [-0.15, -0.1) is 0 Å². The Labute approximate surface area is 117 Å². The van der Waals surface area contributed by atoms with Crippen molar-refractivity contribution >= 4 is 0 Å². The molecule has 1 aromatic carbocycles. The molecule has 0 amide bonds. The molecule has 0 spiro atoms. The molecule has 0 aliphatic rings. The highest BCUT2D eigenvalue weighted by Crippen LogP contribution is 2.12. The summed E-state index contributed by atoms with van der Waals surface area (Å²) in [4.78, 5) is 0. The molecule has 1 rings (SSSR count). The van der Waals surface area contributed by atoms with Gasteiger partial charge in [0.15, 0.2) is 0 Å². The van der Waals surface area contributed by atoms with E-state index in [0.717, 1.165) is 26.2 Å². The highest BCUT2D eigenvalue weighted by molar-refractivity contribution is 5.26. The van der Waals surface area contributed by atoms with Gasteiger partial charge < -0.3 is 14.8 Å². The first-order chi connectivity index (χ1) is 9.03. The maximum atomic E-state index is 5.69. The summed E-state index contributed by atoms with van der Waals surface area (Å²) in [5.74, 6) is 0. The van der Waals surface area contributed by atoms with Crippen LogP contribution in [0.15, 0.2) is 24.3 Å². The van der Waals surface area contributed by atoms with Gasteiger partial charge in [0.1, 0.15) is 0 Å². The molecule has 3 nitrogen and oxygen atoms in total. The van der Waals surface area contributed by atoms with E-state index < -0.39 is 0 Å². The van der Waals surface area contributed by atoms with E-state index >= 15 is 0 Å². The maximum Gasteiger partial charge on any atom is 0.0720 e. The topological polar surface area (TPSA) is 30.5 Å². The highest BCUT2D eigenvalue weighted by Gasteiger charge is 2.10. The van der Waals surface area contributed by atoms with E-state index in [4.69, 9.17) is 9.47 Å². The molecule has 0 aliphatic heterocycles. The average molecular weight is 265 g/mol. The third-order valence-corrected chi connectivity index (χ3v) is 2.82. The van der Waals surface area contributed by atoms with E-state index in [1.807, 2.05) is 0 Å². The second kappa shape index (κ2) is 8.31. The lowest BCUT2D eigenvalue weighted by Gasteiger charge is -2.21. The molecule has 0 aromatic heterocycles. The van der Waals surface area contributed by atoms with E-state index in [9.17, 15) is 0 Å². The molecule has 0 aliphatic carbocycles. The van der Waals surface area contributed by atoms with Gasteiger partial charge in [0.2, 0.25) is 0 Å². The van der Waals surface area contributed by atoms with E-state index in [-0.39, 0.29) is 5.54 Å². The smallest absolute Gasteiger partial charge is 0.0720 e. The number of ether oxygens (including phenoxy) is 2. The van der Waals surface area contributed by atoms with Gasteiger partial charge in [-0.3, -0.25) is 0 Å². The SMILES string of the molecule is COCCCOCc1ccccc1CNC(C)(C)C. The fraction of sp³-hybridized carbons (Fsp3) is 0.625. The highest BCUT2D eigenvalue weighted by atomic mass is 16.5. The van der Waals surface area contributed by atoms with Crippen LogP contribution in [0.3, 0.4) is 0 Å². The number of nitrogens with one attached hydrogen (secondary N) is 1. The molecular weight excluding hydrogens is 238 g/mol. The number of rotatable bonds is 8. The van der Waals surface area contributed by atoms with E-state index in [1.54, 1.807) is 7.11 Å². The predicted molar refractivity (Wildman–Crippen MR) is 79.2 cm³/mol. The summed E-state index contributed by atoms with van der Waals surface area (Å²) in [5, 5.41) is 3.51. The quantitative estimate of drug-likeness (QED) is 0.733. The summed E-state index contributed by atoms with van der Waals surface area (Å²) < 4.78 is 10.7. The standard InChI is InChI=1S/C16H27NO2/c1-16(2,3)17-12-14-8-5-6-9-15(14)13-19-11-7-10-18-4/h5-6,8-9,17H,7,10-13H2,1-4H3. The molecule has 0 atom stereocenters. The lowest BCUT2D eigenvalue weighted by Crippen LogP contribution is -2.35. The van der Waals surface area contributed by atoms with Crippen molar-refractivity contribution < 1.29 is 9.47 Å². The summed E-state index contributed by atoms with van der Waals surface area (Å²) >= 11 is 0. The van der Waals surface area contributed by atoms with Crippen molar-refractivity contribution in [2.24, 2.45) is 0 Å². The Morgan fingerprint density at radius 1 is 1.05 bits per heavy atom. The first-order valence-corrected chi connectivity index (χ1v) is 6.91. The first-order valence-electron chi connectivity index (χ1n) is 6.91. The molecule has 0 saturated heterocycles. The van der Waals surface area contributed by atoms with Gasteiger partial charge >= 0.3 is 0 Å². The molecule has 0 radical (unpaired) electrons. The van der Waals surface area contributed by atoms with Crippen molar-refractivity contribution in [3.63, 3.8) is 0 Å². The fourth-order valence-electron chi connectivity index (χ4n) is 1.72. The maximum absolute atomic E-state index is 5.69. The van der Waals surface area contributed by atoms with Crippen LogP contribution in [0.2, 0.25) is 0 Å². The molecule has 0 heterocycles. The zero-order valence-electron chi connectivity index (χ0n) is 12.7. The lowest BCUT2D eigenvalue weighted by molar-refractivity contribution is 0.0924. The van der Waals surface area contributed by atoms with Crippen LogP contribution in [0.4, 0.5) is 0 Å². The summed E-state index contributed by atoms with van der Waals surface area (Å²) in [6.45, 7) is 9.58. The monoisotopic (exact) mass is 265 g/mol. The van der Waals surface area contributed by atoms with Gasteiger partial charge in [-0.1, -0.05) is 24.3 Å². The lowest BCUT2D eigenvalue weighted by atomic mass is 10.1. The van der Waals surface area contributed by atoms with Crippen molar-refractivity contribution in [2.45, 2.75) is 45.9 Å². The van der Waals surface area contributed by atoms with Crippen LogP contribution < -0.4 is 5.32 Å². The van der Waals surface area contributed by atoms with Crippen LogP contribution in [0.25, 0.3) is 0 Å². The van der Waals surface area contributed by atoms with Crippen LogP contribution in [0.5, 0.6) is 0 Å². The first kappa shape index (κ1) is 16.2. The third-order valence-electron chi connectivity index (χ3n) is 2.82. The normalized spacial score (nSPS) is 11.8. The Morgan fingerprint density at radius 2 is 1.74 bits per heavy atom. The second-order valence-corrected chi connectivity index (χ2v) is 5.77. The molecular formula is C16H27NO2. The van der Waals surface area contributed by atoms with Gasteiger partial charge in [0, 0.05) is 32.4 Å². The molecule has 3 heteroatoms. The average Bonchev–Trinajstić information content (AvgIpc) is 2.36. The van der Waals surface area contributed by atoms with Gasteiger partial charge in [0.05, 0.1) is 6.61 Å². The molecule has 1 N–H and O–H groups in total. The van der Waals surface area contributed by atoms with Crippen molar-refractivity contribution in [2.75, 3.05) is 20.3 Å². The van der Waals surface area contributed by atoms with Crippen LogP contribution >= 0.6 is 0 Å². The van der Waals surface area contributed by atoms with E-state index in [1.165, 1.54) is 11.1 Å². The van der Waals surface area contributed by atoms with Crippen LogP contribution in [-0.2, 0) is 22.6 Å². The zero-order chi connectivity index (χ0) is 14.1. The van der Waals surface area contributed by atoms with E-state index in [0.29, 0.717) is 6.61 Å². The van der Waals surface area contributed by atoms with Crippen LogP contribution in [-0.4, -0.2) is 25.9 Å². The molecule has 108 valence electrons. The largest absolute Gasteiger partial charge is 0.385 e. The molecule has 1 aromatic rings. The Balaban J connectivity index is 2.44. The van der Waals surface area contributed by atoms with Crippen molar-refractivity contribution in [1.29, 1.82) is 0 Å². The van der Waals surface area contributed by atoms with Gasteiger partial charge in [-0.2, -0.15) is 0 Å². The van der Waals surface area contributed by atoms with Gasteiger partial charge in [0.25, 0.3) is 0 Å². The van der Waals surface area contributed by atoms with Crippen LogP contribution in [0, 0.1) is 0 Å². The second-order valence-electron chi connectivity index (χ2n) is 5.77. The summed E-state index contributed by atoms with van der Waals surface area (Å²) in [5.41, 5.74) is 2.70. The third kappa shape index (κ3) is 7.31. The minimum atomic E-state index is 0.131. The Kier molecular flexibility index (Phi) is 7.06. The van der Waals surface area contributed by atoms with E-state index in [2.05, 4.69) is 50.4 Å². The van der Waals surface area contributed by atoms with Crippen molar-refractivity contribution in [1.82, 2.24) is 5.32 Å². The Morgan fingerprint density at radius 3 is 2.37 bits per heavy atom. The summed E-state index contributed by atoms with van der Waals surface area (Å²) in [7, 11) is 1.72. The molecule has 0 fully saturated rings. The molecule has 0 bridgehead atoms. The Hall–Kier alpha value is -0.900. The summed E-state index contributed by atoms with van der Waals surface area (Å²) in [6.07, 6.45) is 0.943. The minimum absolute atomic E-state index is 0.131. The number of hydrogen-bond donors (Lipinski definition) is 1. The van der Waals surface area contributed by atoms with Crippen molar-refractivity contribution in [3.8, 4) is 0 Å². The molecule has 0 saturated carbocycles. The van der Waals surface area contributed by atoms with Crippen LogP contribution in [0.1, 0.15) is 38.3 Å². The Bertz CT molecular complexity index is 358.